The molecular formula is C33H52Cl2N6O7. The average molecular weight is 716 g/mol. The van der Waals surface area contributed by atoms with Crippen LogP contribution in [0, 0.1) is 5.92 Å². The van der Waals surface area contributed by atoms with Crippen molar-refractivity contribution in [2.45, 2.75) is 83.8 Å². The molecule has 3 atom stereocenters. The maximum atomic E-state index is 14.2. The number of rotatable bonds is 23. The molecule has 0 aliphatic rings. The van der Waals surface area contributed by atoms with Crippen LogP contribution in [-0.2, 0) is 39.9 Å². The lowest BCUT2D eigenvalue weighted by atomic mass is 10.0. The molecular weight excluding hydrogens is 663 g/mol. The maximum Gasteiger partial charge on any atom is 0.246 e. The SMILES string of the molecule is CCCN(C(=O)CCC(C)C)[C@@H](Cc1cc(Cl)ccc1Cl)C(=O)N(C)C(COC)C(=O)NCCCCC(C(N)=O)N(C)C(=O)CNC=O. The summed E-state index contributed by atoms with van der Waals surface area (Å²) in [7, 11) is 4.36. The fraction of sp³-hybridized carbons (Fsp3) is 0.636. The quantitative estimate of drug-likeness (QED) is 0.115. The fourth-order valence-electron chi connectivity index (χ4n) is 5.15. The lowest BCUT2D eigenvalue weighted by molar-refractivity contribution is -0.149. The Morgan fingerprint density at radius 1 is 0.979 bits per heavy atom. The van der Waals surface area contributed by atoms with Crippen molar-refractivity contribution < 1.29 is 33.5 Å². The number of hydrogen-bond acceptors (Lipinski definition) is 7. The van der Waals surface area contributed by atoms with Gasteiger partial charge in [-0.1, -0.05) is 44.0 Å². The largest absolute Gasteiger partial charge is 0.382 e. The first kappa shape index (κ1) is 42.6. The first-order valence-corrected chi connectivity index (χ1v) is 16.9. The zero-order valence-electron chi connectivity index (χ0n) is 28.9. The van der Waals surface area contributed by atoms with E-state index in [-0.39, 0.29) is 44.9 Å². The lowest BCUT2D eigenvalue weighted by Gasteiger charge is -2.36. The molecule has 1 rings (SSSR count). The first-order chi connectivity index (χ1) is 22.7. The number of nitrogens with one attached hydrogen (secondary N) is 2. The molecule has 0 bridgehead atoms. The number of hydrogen-bond donors (Lipinski definition) is 3. The highest BCUT2D eigenvalue weighted by molar-refractivity contribution is 6.33. The van der Waals surface area contributed by atoms with Crippen LogP contribution in [-0.4, -0.2) is 116 Å². The van der Waals surface area contributed by atoms with Crippen molar-refractivity contribution in [3.63, 3.8) is 0 Å². The number of carbonyl (C=O) groups is 6. The number of unbranched alkanes of at least 4 members (excludes halogenated alkanes) is 1. The van der Waals surface area contributed by atoms with Gasteiger partial charge in [0.15, 0.2) is 0 Å². The van der Waals surface area contributed by atoms with Gasteiger partial charge in [0.2, 0.25) is 35.9 Å². The number of benzene rings is 1. The molecule has 0 fully saturated rings. The molecule has 0 aliphatic carbocycles. The summed E-state index contributed by atoms with van der Waals surface area (Å²) in [6.07, 6.45) is 3.18. The van der Waals surface area contributed by atoms with Gasteiger partial charge in [0.25, 0.3) is 0 Å². The van der Waals surface area contributed by atoms with Gasteiger partial charge in [-0.15, -0.1) is 0 Å². The van der Waals surface area contributed by atoms with E-state index >= 15 is 0 Å². The number of methoxy groups -OCH3 is 1. The number of halogens is 2. The van der Waals surface area contributed by atoms with Gasteiger partial charge in [-0.25, -0.2) is 0 Å². The van der Waals surface area contributed by atoms with Gasteiger partial charge >= 0.3 is 0 Å². The Bertz CT molecular complexity index is 1230. The predicted molar refractivity (Wildman–Crippen MR) is 185 cm³/mol. The monoisotopic (exact) mass is 714 g/mol. The summed E-state index contributed by atoms with van der Waals surface area (Å²) in [6.45, 7) is 6.17. The molecule has 1 aromatic carbocycles. The Balaban J connectivity index is 3.12. The zero-order chi connectivity index (χ0) is 36.4. The minimum absolute atomic E-state index is 0.0977. The fourth-order valence-corrected chi connectivity index (χ4v) is 5.54. The molecule has 13 nitrogen and oxygen atoms in total. The Morgan fingerprint density at radius 2 is 1.67 bits per heavy atom. The molecule has 0 aromatic heterocycles. The highest BCUT2D eigenvalue weighted by atomic mass is 35.5. The molecule has 0 spiro atoms. The maximum absolute atomic E-state index is 14.2. The van der Waals surface area contributed by atoms with Crippen molar-refractivity contribution in [1.29, 1.82) is 0 Å². The molecule has 270 valence electrons. The standard InChI is InChI=1S/C33H52Cl2N6O7/c1-7-16-41(29(43)14-11-22(2)3)27(18-23-17-24(34)12-13-25(23)35)33(47)40(5)28(20-48-6)32(46)38-15-9-8-10-26(31(36)45)39(4)30(44)19-37-21-42/h12-13,17,21-22,26-28H,7-11,14-16,18-20H2,1-6H3,(H2,36,45)(H,37,42)(H,38,46)/t26?,27-,28?/m0/s1. The highest BCUT2D eigenvalue weighted by Crippen LogP contribution is 2.25. The smallest absolute Gasteiger partial charge is 0.246 e. The Hall–Kier alpha value is -3.42. The second-order valence-corrected chi connectivity index (χ2v) is 12.9. The van der Waals surface area contributed by atoms with Crippen LogP contribution in [0.5, 0.6) is 0 Å². The van der Waals surface area contributed by atoms with Crippen molar-refractivity contribution in [3.05, 3.63) is 33.8 Å². The number of carbonyl (C=O) groups excluding carboxylic acids is 6. The summed E-state index contributed by atoms with van der Waals surface area (Å²) in [5.41, 5.74) is 6.10. The Kier molecular flexibility index (Phi) is 19.8. The summed E-state index contributed by atoms with van der Waals surface area (Å²) in [5.74, 6) is -1.93. The third kappa shape index (κ3) is 14.0. The van der Waals surface area contributed by atoms with Crippen LogP contribution in [0.4, 0.5) is 0 Å². The van der Waals surface area contributed by atoms with E-state index in [0.717, 1.165) is 0 Å². The number of nitrogens with zero attached hydrogens (tertiary/aromatic N) is 3. The normalized spacial score (nSPS) is 12.9. The minimum atomic E-state index is -1.01. The molecule has 6 amide bonds. The van der Waals surface area contributed by atoms with E-state index in [2.05, 4.69) is 10.6 Å². The summed E-state index contributed by atoms with van der Waals surface area (Å²) < 4.78 is 5.32. The topological polar surface area (TPSA) is 171 Å². The van der Waals surface area contributed by atoms with Gasteiger partial charge in [0, 0.05) is 57.2 Å². The zero-order valence-corrected chi connectivity index (χ0v) is 30.4. The summed E-state index contributed by atoms with van der Waals surface area (Å²) in [6, 6.07) is 2.11. The van der Waals surface area contributed by atoms with E-state index in [1.54, 1.807) is 23.1 Å². The van der Waals surface area contributed by atoms with E-state index in [0.29, 0.717) is 60.2 Å². The first-order valence-electron chi connectivity index (χ1n) is 16.2. The third-order valence-corrected chi connectivity index (χ3v) is 8.58. The molecule has 0 heterocycles. The van der Waals surface area contributed by atoms with E-state index in [4.69, 9.17) is 33.7 Å². The molecule has 4 N–H and O–H groups in total. The molecule has 0 saturated carbocycles. The van der Waals surface area contributed by atoms with Crippen molar-refractivity contribution >= 4 is 59.1 Å². The molecule has 0 saturated heterocycles. The Morgan fingerprint density at radius 3 is 2.25 bits per heavy atom. The number of nitrogens with two attached hydrogens (primary N) is 1. The number of amides is 6. The van der Waals surface area contributed by atoms with Crippen molar-refractivity contribution in [3.8, 4) is 0 Å². The van der Waals surface area contributed by atoms with E-state index in [9.17, 15) is 28.8 Å². The van der Waals surface area contributed by atoms with Crippen molar-refractivity contribution in [1.82, 2.24) is 25.3 Å². The van der Waals surface area contributed by atoms with E-state index in [1.807, 2.05) is 20.8 Å². The van der Waals surface area contributed by atoms with Gasteiger partial charge in [0.1, 0.15) is 18.1 Å². The van der Waals surface area contributed by atoms with Gasteiger partial charge in [0.05, 0.1) is 13.2 Å². The molecule has 15 heteroatoms. The summed E-state index contributed by atoms with van der Waals surface area (Å²) in [4.78, 5) is 79.9. The number of primary amides is 1. The van der Waals surface area contributed by atoms with Crippen LogP contribution in [0.25, 0.3) is 0 Å². The van der Waals surface area contributed by atoms with Gasteiger partial charge in [-0.3, -0.25) is 28.8 Å². The summed E-state index contributed by atoms with van der Waals surface area (Å²) in [5, 5.41) is 5.93. The van der Waals surface area contributed by atoms with Gasteiger partial charge in [-0.05, 0) is 61.8 Å². The minimum Gasteiger partial charge on any atom is -0.382 e. The van der Waals surface area contributed by atoms with Crippen LogP contribution in [0.15, 0.2) is 18.2 Å². The van der Waals surface area contributed by atoms with Crippen LogP contribution in [0.1, 0.15) is 64.9 Å². The number of ether oxygens (including phenoxy) is 1. The lowest BCUT2D eigenvalue weighted by Crippen LogP contribution is -2.57. The second-order valence-electron chi connectivity index (χ2n) is 12.1. The van der Waals surface area contributed by atoms with Gasteiger partial charge < -0.3 is 35.8 Å². The molecule has 48 heavy (non-hydrogen) atoms. The van der Waals surface area contributed by atoms with Crippen LogP contribution >= 0.6 is 23.2 Å². The second kappa shape index (κ2) is 22.3. The molecule has 0 aliphatic heterocycles. The van der Waals surface area contributed by atoms with E-state index in [1.165, 1.54) is 31.0 Å². The van der Waals surface area contributed by atoms with Crippen LogP contribution in [0.2, 0.25) is 10.0 Å². The summed E-state index contributed by atoms with van der Waals surface area (Å²) >= 11 is 12.7. The van der Waals surface area contributed by atoms with Crippen molar-refractivity contribution in [2.75, 3.05) is 47.4 Å². The number of likely N-dealkylation sites (N-methyl/N-ethyl adjacent to an activating group) is 2. The molecule has 0 radical (unpaired) electrons. The molecule has 1 aromatic rings. The van der Waals surface area contributed by atoms with Crippen LogP contribution < -0.4 is 16.4 Å². The predicted octanol–water partition coefficient (Wildman–Crippen LogP) is 2.40. The Labute approximate surface area is 294 Å². The molecule has 2 unspecified atom stereocenters. The highest BCUT2D eigenvalue weighted by Gasteiger charge is 2.36. The van der Waals surface area contributed by atoms with Crippen molar-refractivity contribution in [2.24, 2.45) is 11.7 Å². The van der Waals surface area contributed by atoms with E-state index < -0.39 is 41.8 Å². The average Bonchev–Trinajstić information content (AvgIpc) is 3.04. The third-order valence-electron chi connectivity index (χ3n) is 7.97. The van der Waals surface area contributed by atoms with Gasteiger partial charge in [-0.2, -0.15) is 0 Å². The van der Waals surface area contributed by atoms with Crippen LogP contribution in [0.3, 0.4) is 0 Å².